The first kappa shape index (κ1) is 13.7. The van der Waals surface area contributed by atoms with Gasteiger partial charge in [0.15, 0.2) is 9.84 Å². The van der Waals surface area contributed by atoms with Crippen LogP contribution in [0.5, 0.6) is 0 Å². The lowest BCUT2D eigenvalue weighted by Crippen LogP contribution is -2.11. The standard InChI is InChI=1S/C13H17NO2S/c1-13(2,3)12-6-4-11(5-7-12)10-17(15,16)9-8-14/h4-7H,9-10H2,1-3H3. The van der Waals surface area contributed by atoms with E-state index in [0.717, 1.165) is 5.56 Å². The van der Waals surface area contributed by atoms with Crippen LogP contribution >= 0.6 is 0 Å². The minimum atomic E-state index is -3.29. The van der Waals surface area contributed by atoms with Gasteiger partial charge in [-0.2, -0.15) is 5.26 Å². The van der Waals surface area contributed by atoms with Gasteiger partial charge in [0.2, 0.25) is 0 Å². The minimum absolute atomic E-state index is 0.0596. The number of nitriles is 1. The smallest absolute Gasteiger partial charge is 0.167 e. The Morgan fingerprint density at radius 2 is 1.71 bits per heavy atom. The predicted molar refractivity (Wildman–Crippen MR) is 68.2 cm³/mol. The van der Waals surface area contributed by atoms with Crippen molar-refractivity contribution < 1.29 is 8.42 Å². The van der Waals surface area contributed by atoms with Crippen LogP contribution in [0.15, 0.2) is 24.3 Å². The molecular weight excluding hydrogens is 234 g/mol. The highest BCUT2D eigenvalue weighted by molar-refractivity contribution is 7.90. The van der Waals surface area contributed by atoms with Crippen LogP contribution in [0.25, 0.3) is 0 Å². The molecule has 3 nitrogen and oxygen atoms in total. The number of rotatable bonds is 3. The Hall–Kier alpha value is -1.34. The number of sulfone groups is 1. The molecule has 0 heterocycles. The summed E-state index contributed by atoms with van der Waals surface area (Å²) in [5.74, 6) is -0.487. The lowest BCUT2D eigenvalue weighted by Gasteiger charge is -2.19. The molecule has 1 aromatic carbocycles. The van der Waals surface area contributed by atoms with Crippen LogP contribution in [-0.2, 0) is 21.0 Å². The maximum Gasteiger partial charge on any atom is 0.167 e. The summed E-state index contributed by atoms with van der Waals surface area (Å²) in [6, 6.07) is 9.19. The third kappa shape index (κ3) is 4.20. The second-order valence-electron chi connectivity index (χ2n) is 5.14. The van der Waals surface area contributed by atoms with Crippen molar-refractivity contribution in [2.24, 2.45) is 0 Å². The molecule has 0 bridgehead atoms. The maximum atomic E-state index is 11.5. The third-order valence-electron chi connectivity index (χ3n) is 2.49. The first-order valence-electron chi connectivity index (χ1n) is 5.41. The number of nitrogens with zero attached hydrogens (tertiary/aromatic N) is 1. The van der Waals surface area contributed by atoms with Crippen molar-refractivity contribution in [2.45, 2.75) is 31.9 Å². The second kappa shape index (κ2) is 4.89. The molecule has 92 valence electrons. The summed E-state index contributed by atoms with van der Waals surface area (Å²) in [6.07, 6.45) is 0. The highest BCUT2D eigenvalue weighted by Crippen LogP contribution is 2.22. The van der Waals surface area contributed by atoms with E-state index in [-0.39, 0.29) is 11.2 Å². The summed E-state index contributed by atoms with van der Waals surface area (Å²) >= 11 is 0. The van der Waals surface area contributed by atoms with Gasteiger partial charge in [0, 0.05) is 0 Å². The van der Waals surface area contributed by atoms with Gasteiger partial charge in [0.05, 0.1) is 11.8 Å². The molecule has 0 aromatic heterocycles. The normalized spacial score (nSPS) is 12.1. The van der Waals surface area contributed by atoms with Crippen molar-refractivity contribution in [1.29, 1.82) is 5.26 Å². The molecule has 0 fully saturated rings. The largest absolute Gasteiger partial charge is 0.227 e. The van der Waals surface area contributed by atoms with Crippen molar-refractivity contribution in [3.8, 4) is 6.07 Å². The van der Waals surface area contributed by atoms with E-state index in [1.165, 1.54) is 5.56 Å². The molecule has 0 saturated carbocycles. The Balaban J connectivity index is 2.87. The number of hydrogen-bond donors (Lipinski definition) is 0. The fourth-order valence-electron chi connectivity index (χ4n) is 1.50. The molecule has 0 radical (unpaired) electrons. The molecule has 1 aromatic rings. The average molecular weight is 251 g/mol. The van der Waals surface area contributed by atoms with E-state index in [0.29, 0.717) is 0 Å². The first-order chi connectivity index (χ1) is 7.74. The fraction of sp³-hybridized carbons (Fsp3) is 0.462. The second-order valence-corrected chi connectivity index (χ2v) is 7.20. The van der Waals surface area contributed by atoms with E-state index in [2.05, 4.69) is 20.8 Å². The summed E-state index contributed by atoms with van der Waals surface area (Å²) in [4.78, 5) is 0. The average Bonchev–Trinajstić information content (AvgIpc) is 2.16. The Kier molecular flexibility index (Phi) is 3.94. The molecule has 0 spiro atoms. The van der Waals surface area contributed by atoms with Gasteiger partial charge in [-0.25, -0.2) is 8.42 Å². The van der Waals surface area contributed by atoms with E-state index >= 15 is 0 Å². The third-order valence-corrected chi connectivity index (χ3v) is 3.83. The van der Waals surface area contributed by atoms with Crippen molar-refractivity contribution in [2.75, 3.05) is 5.75 Å². The molecule has 1 rings (SSSR count). The number of benzene rings is 1. The molecule has 0 atom stereocenters. The summed E-state index contributed by atoms with van der Waals surface area (Å²) in [7, 11) is -3.29. The maximum absolute atomic E-state index is 11.5. The van der Waals surface area contributed by atoms with Gasteiger partial charge in [0.25, 0.3) is 0 Å². The van der Waals surface area contributed by atoms with Crippen LogP contribution in [-0.4, -0.2) is 14.2 Å². The van der Waals surface area contributed by atoms with E-state index in [1.807, 2.05) is 24.3 Å². The van der Waals surface area contributed by atoms with Gasteiger partial charge >= 0.3 is 0 Å². The van der Waals surface area contributed by atoms with Crippen LogP contribution < -0.4 is 0 Å². The Morgan fingerprint density at radius 1 is 1.18 bits per heavy atom. The van der Waals surface area contributed by atoms with E-state index in [9.17, 15) is 8.42 Å². The molecular formula is C13H17NO2S. The summed E-state index contributed by atoms with van der Waals surface area (Å²) in [5, 5.41) is 8.40. The molecule has 0 unspecified atom stereocenters. The van der Waals surface area contributed by atoms with Gasteiger partial charge in [-0.05, 0) is 16.5 Å². The Morgan fingerprint density at radius 3 is 2.12 bits per heavy atom. The van der Waals surface area contributed by atoms with Crippen LogP contribution in [0.3, 0.4) is 0 Å². The molecule has 0 aliphatic carbocycles. The van der Waals surface area contributed by atoms with Gasteiger partial charge in [0.1, 0.15) is 5.75 Å². The Bertz CT molecular complexity index is 516. The highest BCUT2D eigenvalue weighted by Gasteiger charge is 2.15. The van der Waals surface area contributed by atoms with Crippen LogP contribution in [0.2, 0.25) is 0 Å². The number of hydrogen-bond acceptors (Lipinski definition) is 3. The molecule has 17 heavy (non-hydrogen) atoms. The lowest BCUT2D eigenvalue weighted by atomic mass is 9.87. The molecule has 0 N–H and O–H groups in total. The summed E-state index contributed by atoms with van der Waals surface area (Å²) in [6.45, 7) is 6.32. The topological polar surface area (TPSA) is 57.9 Å². The predicted octanol–water partition coefficient (Wildman–Crippen LogP) is 2.42. The van der Waals surface area contributed by atoms with Crippen LogP contribution in [0, 0.1) is 11.3 Å². The van der Waals surface area contributed by atoms with E-state index in [1.54, 1.807) is 6.07 Å². The van der Waals surface area contributed by atoms with Crippen molar-refractivity contribution in [3.05, 3.63) is 35.4 Å². The molecule has 0 saturated heterocycles. The summed E-state index contributed by atoms with van der Waals surface area (Å²) < 4.78 is 22.9. The quantitative estimate of drug-likeness (QED) is 0.829. The van der Waals surface area contributed by atoms with Crippen LogP contribution in [0.1, 0.15) is 31.9 Å². The summed E-state index contributed by atoms with van der Waals surface area (Å²) in [5.41, 5.74) is 1.96. The van der Waals surface area contributed by atoms with E-state index < -0.39 is 15.6 Å². The molecule has 4 heteroatoms. The van der Waals surface area contributed by atoms with Crippen molar-refractivity contribution >= 4 is 9.84 Å². The van der Waals surface area contributed by atoms with Gasteiger partial charge in [-0.3, -0.25) is 0 Å². The van der Waals surface area contributed by atoms with Gasteiger partial charge < -0.3 is 0 Å². The highest BCUT2D eigenvalue weighted by atomic mass is 32.2. The molecule has 0 aliphatic heterocycles. The first-order valence-corrected chi connectivity index (χ1v) is 7.23. The lowest BCUT2D eigenvalue weighted by molar-refractivity contribution is 0.590. The zero-order chi connectivity index (χ0) is 13.1. The van der Waals surface area contributed by atoms with E-state index in [4.69, 9.17) is 5.26 Å². The SMILES string of the molecule is CC(C)(C)c1ccc(CS(=O)(=O)CC#N)cc1. The van der Waals surface area contributed by atoms with Crippen LogP contribution in [0.4, 0.5) is 0 Å². The van der Waals surface area contributed by atoms with Gasteiger partial charge in [-0.1, -0.05) is 45.0 Å². The molecule has 0 aliphatic rings. The Labute approximate surface area is 103 Å². The van der Waals surface area contributed by atoms with Crippen molar-refractivity contribution in [1.82, 2.24) is 0 Å². The fourth-order valence-corrected chi connectivity index (χ4v) is 2.50. The minimum Gasteiger partial charge on any atom is -0.227 e. The molecule has 0 amide bonds. The van der Waals surface area contributed by atoms with Crippen molar-refractivity contribution in [3.63, 3.8) is 0 Å². The monoisotopic (exact) mass is 251 g/mol. The zero-order valence-electron chi connectivity index (χ0n) is 10.4. The zero-order valence-corrected chi connectivity index (χ0v) is 11.2. The van der Waals surface area contributed by atoms with Gasteiger partial charge in [-0.15, -0.1) is 0 Å².